The van der Waals surface area contributed by atoms with E-state index in [2.05, 4.69) is 15.6 Å². The number of benzene rings is 2. The van der Waals surface area contributed by atoms with Crippen LogP contribution in [0.5, 0.6) is 0 Å². The maximum Gasteiger partial charge on any atom is 0.422 e. The second-order valence-electron chi connectivity index (χ2n) is 8.86. The van der Waals surface area contributed by atoms with E-state index in [1.807, 2.05) is 0 Å². The Hall–Kier alpha value is -3.96. The third kappa shape index (κ3) is 4.30. The molecule has 2 aromatic heterocycles. The van der Waals surface area contributed by atoms with Crippen LogP contribution in [0.4, 0.5) is 13.2 Å². The third-order valence-corrected chi connectivity index (χ3v) is 6.42. The monoisotopic (exact) mass is 513 g/mol. The highest BCUT2D eigenvalue weighted by Gasteiger charge is 2.43. The molecular weight excluding hydrogens is 491 g/mol. The summed E-state index contributed by atoms with van der Waals surface area (Å²) in [5.74, 6) is -1.18. The Morgan fingerprint density at radius 2 is 1.73 bits per heavy atom. The van der Waals surface area contributed by atoms with Crippen LogP contribution in [0.15, 0.2) is 57.6 Å². The number of aryl methyl sites for hydroxylation is 1. The van der Waals surface area contributed by atoms with Gasteiger partial charge in [-0.1, -0.05) is 58.8 Å². The normalized spacial score (nSPS) is 14.5. The van der Waals surface area contributed by atoms with Gasteiger partial charge in [0.1, 0.15) is 11.3 Å². The topological polar surface area (TPSA) is 122 Å². The van der Waals surface area contributed by atoms with Crippen molar-refractivity contribution in [2.24, 2.45) is 0 Å². The van der Waals surface area contributed by atoms with Gasteiger partial charge in [-0.15, -0.1) is 0 Å². The number of nitrogens with zero attached hydrogens (tertiary/aromatic N) is 2. The van der Waals surface area contributed by atoms with E-state index in [1.54, 1.807) is 36.4 Å². The van der Waals surface area contributed by atoms with E-state index in [-0.39, 0.29) is 24.5 Å². The van der Waals surface area contributed by atoms with Crippen molar-refractivity contribution in [3.63, 3.8) is 0 Å². The van der Waals surface area contributed by atoms with E-state index in [9.17, 15) is 23.1 Å². The lowest BCUT2D eigenvalue weighted by atomic mass is 9.84. The van der Waals surface area contributed by atoms with E-state index in [0.717, 1.165) is 5.56 Å². The van der Waals surface area contributed by atoms with Crippen LogP contribution in [-0.2, 0) is 29.4 Å². The van der Waals surface area contributed by atoms with Gasteiger partial charge in [0.05, 0.1) is 6.61 Å². The van der Waals surface area contributed by atoms with Crippen LogP contribution < -0.4 is 5.32 Å². The number of nitrogens with one attached hydrogen (secondary N) is 1. The molecule has 4 aromatic rings. The van der Waals surface area contributed by atoms with E-state index >= 15 is 0 Å². The molecular formula is C26H22F3N3O5. The molecule has 0 unspecified atom stereocenters. The number of aliphatic hydroxyl groups excluding tert-OH is 1. The molecule has 2 aromatic carbocycles. The molecule has 0 radical (unpaired) electrons. The smallest absolute Gasteiger partial charge is 0.395 e. The summed E-state index contributed by atoms with van der Waals surface area (Å²) in [5, 5.41) is 29.9. The first-order valence-corrected chi connectivity index (χ1v) is 11.5. The summed E-state index contributed by atoms with van der Waals surface area (Å²) in [5.41, 5.74) is -0.598. The molecule has 0 saturated heterocycles. The number of alkyl halides is 3. The molecule has 0 spiro atoms. The Kier molecular flexibility index (Phi) is 6.12. The number of aromatic nitrogens is 2. The van der Waals surface area contributed by atoms with Crippen molar-refractivity contribution in [3.8, 4) is 34.0 Å². The van der Waals surface area contributed by atoms with Crippen LogP contribution in [-0.4, -0.2) is 39.6 Å². The number of carbonyl (C=O) groups excluding carboxylic acids is 1. The summed E-state index contributed by atoms with van der Waals surface area (Å²) in [4.78, 5) is 12.4. The van der Waals surface area contributed by atoms with Gasteiger partial charge in [0.25, 0.3) is 5.91 Å². The summed E-state index contributed by atoms with van der Waals surface area (Å²) < 4.78 is 53.0. The first-order valence-electron chi connectivity index (χ1n) is 11.5. The summed E-state index contributed by atoms with van der Waals surface area (Å²) in [6, 6.07) is 12.8. The molecule has 8 nitrogen and oxygen atoms in total. The van der Waals surface area contributed by atoms with Crippen molar-refractivity contribution in [3.05, 3.63) is 70.8 Å². The first kappa shape index (κ1) is 24.7. The van der Waals surface area contributed by atoms with E-state index in [1.165, 1.54) is 19.1 Å². The fourth-order valence-electron chi connectivity index (χ4n) is 4.50. The Morgan fingerprint density at radius 1 is 1.03 bits per heavy atom. The minimum atomic E-state index is -4.76. The highest BCUT2D eigenvalue weighted by atomic mass is 19.4. The number of aliphatic hydroxyl groups is 2. The van der Waals surface area contributed by atoms with Crippen molar-refractivity contribution in [1.29, 1.82) is 0 Å². The molecule has 11 heteroatoms. The number of halogens is 3. The van der Waals surface area contributed by atoms with Gasteiger partial charge in [-0.2, -0.15) is 13.2 Å². The third-order valence-electron chi connectivity index (χ3n) is 6.42. The average molecular weight is 513 g/mol. The second-order valence-corrected chi connectivity index (χ2v) is 8.86. The number of hydrogen-bond donors (Lipinski definition) is 3. The van der Waals surface area contributed by atoms with Gasteiger partial charge in [0, 0.05) is 23.2 Å². The fourth-order valence-corrected chi connectivity index (χ4v) is 4.50. The van der Waals surface area contributed by atoms with E-state index in [4.69, 9.17) is 14.2 Å². The number of amides is 1. The Labute approximate surface area is 208 Å². The van der Waals surface area contributed by atoms with Gasteiger partial charge in [-0.05, 0) is 30.9 Å². The Bertz CT molecular complexity index is 1460. The van der Waals surface area contributed by atoms with Crippen LogP contribution in [0, 0.1) is 0 Å². The average Bonchev–Trinajstić information content (AvgIpc) is 3.52. The molecule has 37 heavy (non-hydrogen) atoms. The lowest BCUT2D eigenvalue weighted by molar-refractivity contribution is -0.139. The molecule has 1 atom stereocenters. The zero-order valence-electron chi connectivity index (χ0n) is 19.6. The lowest BCUT2D eigenvalue weighted by Crippen LogP contribution is -2.43. The van der Waals surface area contributed by atoms with E-state index in [0.29, 0.717) is 35.2 Å². The van der Waals surface area contributed by atoms with Crippen LogP contribution in [0.2, 0.25) is 0 Å². The molecule has 0 aliphatic heterocycles. The van der Waals surface area contributed by atoms with Gasteiger partial charge in [0.2, 0.25) is 0 Å². The van der Waals surface area contributed by atoms with Gasteiger partial charge < -0.3 is 24.6 Å². The number of fused-ring (bicyclic) bond motifs is 3. The summed E-state index contributed by atoms with van der Waals surface area (Å²) in [6.45, 7) is 1.08. The Balaban J connectivity index is 1.55. The van der Waals surface area contributed by atoms with Crippen molar-refractivity contribution in [2.45, 2.75) is 31.5 Å². The number of carbonyl (C=O) groups is 1. The van der Waals surface area contributed by atoms with Crippen molar-refractivity contribution in [2.75, 3.05) is 13.2 Å². The molecule has 0 fully saturated rings. The quantitative estimate of drug-likeness (QED) is 0.355. The molecule has 3 N–H and O–H groups in total. The first-order chi connectivity index (χ1) is 17.6. The van der Waals surface area contributed by atoms with Crippen molar-refractivity contribution < 1.29 is 37.2 Å². The summed E-state index contributed by atoms with van der Waals surface area (Å²) >= 11 is 0. The van der Waals surface area contributed by atoms with Gasteiger partial charge >= 0.3 is 6.18 Å². The minimum Gasteiger partial charge on any atom is -0.395 e. The molecule has 2 heterocycles. The molecule has 192 valence electrons. The maximum atomic E-state index is 14.2. The predicted octanol–water partition coefficient (Wildman–Crippen LogP) is 4.10. The molecule has 1 aliphatic carbocycles. The molecule has 5 rings (SSSR count). The lowest BCUT2D eigenvalue weighted by Gasteiger charge is -2.25. The summed E-state index contributed by atoms with van der Waals surface area (Å²) in [6.07, 6.45) is -4.05. The van der Waals surface area contributed by atoms with Crippen molar-refractivity contribution in [1.82, 2.24) is 15.6 Å². The largest absolute Gasteiger partial charge is 0.422 e. The molecule has 0 saturated carbocycles. The standard InChI is InChI=1S/C26H22F3N3O5/c1-25(35,24(34)30-11-12-33)16-8-10-17-15(13-16)7-9-18-20(17)31-37-23(18)21-19(26(27,28)29)22(36-32-21)14-5-3-2-4-6-14/h2-6,8,10,13,33,35H,7,9,11-12H2,1H3,(H,30,34)/t25-/m0/s1. The molecule has 0 bridgehead atoms. The van der Waals surface area contributed by atoms with Gasteiger partial charge in [-0.25, -0.2) is 0 Å². The minimum absolute atomic E-state index is 0.00104. The zero-order valence-corrected chi connectivity index (χ0v) is 19.6. The highest BCUT2D eigenvalue weighted by Crippen LogP contribution is 2.46. The fraction of sp³-hybridized carbons (Fsp3) is 0.269. The van der Waals surface area contributed by atoms with Crippen molar-refractivity contribution >= 4 is 5.91 Å². The highest BCUT2D eigenvalue weighted by molar-refractivity contribution is 5.86. The van der Waals surface area contributed by atoms with E-state index < -0.39 is 34.7 Å². The summed E-state index contributed by atoms with van der Waals surface area (Å²) in [7, 11) is 0. The van der Waals surface area contributed by atoms with Crippen LogP contribution in [0.3, 0.4) is 0 Å². The SMILES string of the molecule is C[C@@](O)(C(=O)NCCO)c1ccc2c(c1)CCc1c-2noc1-c1noc(-c2ccccc2)c1C(F)(F)F. The molecule has 1 amide bonds. The van der Waals surface area contributed by atoms with Gasteiger partial charge in [-0.3, -0.25) is 4.79 Å². The molecule has 1 aliphatic rings. The number of hydrogen-bond acceptors (Lipinski definition) is 7. The van der Waals surface area contributed by atoms with Crippen LogP contribution in [0.1, 0.15) is 29.2 Å². The Morgan fingerprint density at radius 3 is 2.43 bits per heavy atom. The predicted molar refractivity (Wildman–Crippen MR) is 125 cm³/mol. The number of rotatable bonds is 6. The maximum absolute atomic E-state index is 14.2. The second kappa shape index (κ2) is 9.16. The van der Waals surface area contributed by atoms with Gasteiger partial charge in [0.15, 0.2) is 22.8 Å². The van der Waals surface area contributed by atoms with Crippen LogP contribution >= 0.6 is 0 Å². The van der Waals surface area contributed by atoms with Crippen LogP contribution in [0.25, 0.3) is 34.0 Å². The zero-order chi connectivity index (χ0) is 26.4.